The summed E-state index contributed by atoms with van der Waals surface area (Å²) >= 11 is 0. The van der Waals surface area contributed by atoms with Crippen LogP contribution in [-0.2, 0) is 17.6 Å². The van der Waals surface area contributed by atoms with Crippen molar-refractivity contribution in [2.45, 2.75) is 33.6 Å². The molecule has 0 atom stereocenters. The second-order valence-electron chi connectivity index (χ2n) is 7.08. The average molecular weight is 389 g/mol. The first-order valence-electron chi connectivity index (χ1n) is 9.90. The first-order chi connectivity index (χ1) is 14.0. The van der Waals surface area contributed by atoms with Gasteiger partial charge in [0.05, 0.1) is 17.9 Å². The third kappa shape index (κ3) is 4.77. The average Bonchev–Trinajstić information content (AvgIpc) is 2.71. The molecule has 0 spiro atoms. The van der Waals surface area contributed by atoms with E-state index in [4.69, 9.17) is 4.74 Å². The molecule has 3 rings (SSSR count). The first-order valence-corrected chi connectivity index (χ1v) is 9.90. The van der Waals surface area contributed by atoms with Gasteiger partial charge in [0, 0.05) is 5.69 Å². The lowest BCUT2D eigenvalue weighted by molar-refractivity contribution is 0.0524. The maximum absolute atomic E-state index is 12.7. The molecule has 3 aromatic rings. The van der Waals surface area contributed by atoms with Crippen LogP contribution in [0.3, 0.4) is 0 Å². The van der Waals surface area contributed by atoms with Crippen molar-refractivity contribution in [2.24, 2.45) is 0 Å². The fourth-order valence-electron chi connectivity index (χ4n) is 3.48. The highest BCUT2D eigenvalue weighted by Gasteiger charge is 2.21. The minimum atomic E-state index is -0.360. The predicted octanol–water partition coefficient (Wildman–Crippen LogP) is 5.71. The summed E-state index contributed by atoms with van der Waals surface area (Å²) in [4.78, 5) is 12.7. The molecule has 0 aliphatic heterocycles. The van der Waals surface area contributed by atoms with Crippen LogP contribution < -0.4 is 5.32 Å². The van der Waals surface area contributed by atoms with Crippen LogP contribution in [0.2, 0.25) is 0 Å². The standard InChI is InChI=1S/C25H27NO3/c1-4-29-25(28)23-18(3)24(26-21-13-9-8-10-17(21)2)22(27)16-20(23)15-14-19-11-6-5-7-12-19/h5-13,16,26-27H,4,14-15H2,1-3H3. The van der Waals surface area contributed by atoms with E-state index in [1.54, 1.807) is 13.0 Å². The molecule has 0 heterocycles. The molecule has 3 aromatic carbocycles. The summed E-state index contributed by atoms with van der Waals surface area (Å²) in [5, 5.41) is 14.0. The second kappa shape index (κ2) is 9.28. The number of phenolic OH excluding ortho intramolecular Hbond substituents is 1. The van der Waals surface area contributed by atoms with Gasteiger partial charge in [0.1, 0.15) is 5.75 Å². The Bertz CT molecular complexity index is 996. The molecule has 0 fully saturated rings. The zero-order valence-corrected chi connectivity index (χ0v) is 17.2. The Morgan fingerprint density at radius 1 is 1.00 bits per heavy atom. The number of rotatable bonds is 7. The molecule has 0 aliphatic carbocycles. The molecule has 0 radical (unpaired) electrons. The number of anilines is 2. The Morgan fingerprint density at radius 3 is 2.38 bits per heavy atom. The number of para-hydroxylation sites is 1. The monoisotopic (exact) mass is 389 g/mol. The van der Waals surface area contributed by atoms with E-state index < -0.39 is 0 Å². The van der Waals surface area contributed by atoms with Crippen molar-refractivity contribution in [2.75, 3.05) is 11.9 Å². The fourth-order valence-corrected chi connectivity index (χ4v) is 3.48. The number of aryl methyl sites for hydroxylation is 3. The van der Waals surface area contributed by atoms with Crippen molar-refractivity contribution in [3.63, 3.8) is 0 Å². The number of hydrogen-bond acceptors (Lipinski definition) is 4. The zero-order valence-electron chi connectivity index (χ0n) is 17.2. The van der Waals surface area contributed by atoms with E-state index in [0.717, 1.165) is 23.2 Å². The Balaban J connectivity index is 2.00. The lowest BCUT2D eigenvalue weighted by atomic mass is 9.94. The maximum atomic E-state index is 12.7. The van der Waals surface area contributed by atoms with E-state index in [0.29, 0.717) is 29.8 Å². The summed E-state index contributed by atoms with van der Waals surface area (Å²) in [7, 11) is 0. The van der Waals surface area contributed by atoms with Crippen molar-refractivity contribution in [1.82, 2.24) is 0 Å². The van der Waals surface area contributed by atoms with Crippen molar-refractivity contribution >= 4 is 17.3 Å². The molecule has 0 saturated heterocycles. The highest BCUT2D eigenvalue weighted by molar-refractivity contribution is 5.96. The van der Waals surface area contributed by atoms with Crippen LogP contribution in [0, 0.1) is 13.8 Å². The van der Waals surface area contributed by atoms with Gasteiger partial charge < -0.3 is 15.2 Å². The molecule has 0 saturated carbocycles. The number of phenols is 1. The maximum Gasteiger partial charge on any atom is 0.338 e. The van der Waals surface area contributed by atoms with Gasteiger partial charge in [0.2, 0.25) is 0 Å². The van der Waals surface area contributed by atoms with Crippen LogP contribution in [0.15, 0.2) is 60.7 Å². The number of esters is 1. The van der Waals surface area contributed by atoms with Crippen LogP contribution in [-0.4, -0.2) is 17.7 Å². The van der Waals surface area contributed by atoms with E-state index in [1.165, 1.54) is 5.56 Å². The van der Waals surface area contributed by atoms with Crippen LogP contribution in [0.5, 0.6) is 5.75 Å². The number of carbonyl (C=O) groups excluding carboxylic acids is 1. The molecule has 150 valence electrons. The smallest absolute Gasteiger partial charge is 0.338 e. The van der Waals surface area contributed by atoms with E-state index >= 15 is 0 Å². The van der Waals surface area contributed by atoms with E-state index in [1.807, 2.05) is 56.3 Å². The third-order valence-corrected chi connectivity index (χ3v) is 5.05. The highest BCUT2D eigenvalue weighted by Crippen LogP contribution is 2.36. The third-order valence-electron chi connectivity index (χ3n) is 5.05. The van der Waals surface area contributed by atoms with Crippen molar-refractivity contribution in [1.29, 1.82) is 0 Å². The molecule has 29 heavy (non-hydrogen) atoms. The first kappa shape index (κ1) is 20.5. The number of ether oxygens (including phenoxy) is 1. The largest absolute Gasteiger partial charge is 0.506 e. The van der Waals surface area contributed by atoms with Gasteiger partial charge in [0.25, 0.3) is 0 Å². The van der Waals surface area contributed by atoms with Gasteiger partial charge in [-0.2, -0.15) is 0 Å². The fraction of sp³-hybridized carbons (Fsp3) is 0.240. The van der Waals surface area contributed by atoms with Crippen molar-refractivity contribution in [3.05, 3.63) is 88.5 Å². The normalized spacial score (nSPS) is 10.6. The molecule has 0 aliphatic rings. The van der Waals surface area contributed by atoms with E-state index in [2.05, 4.69) is 17.4 Å². The Labute approximate surface area is 172 Å². The SMILES string of the molecule is CCOC(=O)c1c(CCc2ccccc2)cc(O)c(Nc2ccccc2C)c1C. The number of aromatic hydroxyl groups is 1. The number of hydrogen-bond donors (Lipinski definition) is 2. The van der Waals surface area contributed by atoms with E-state index in [9.17, 15) is 9.90 Å². The van der Waals surface area contributed by atoms with Gasteiger partial charge in [-0.15, -0.1) is 0 Å². The Hall–Kier alpha value is -3.27. The Kier molecular flexibility index (Phi) is 6.55. The van der Waals surface area contributed by atoms with E-state index in [-0.39, 0.29) is 11.7 Å². The summed E-state index contributed by atoms with van der Waals surface area (Å²) in [6, 6.07) is 19.6. The van der Waals surface area contributed by atoms with Gasteiger partial charge in [0.15, 0.2) is 0 Å². The van der Waals surface area contributed by atoms with Crippen molar-refractivity contribution < 1.29 is 14.6 Å². The lowest BCUT2D eigenvalue weighted by Gasteiger charge is -2.19. The van der Waals surface area contributed by atoms with Crippen LogP contribution in [0.4, 0.5) is 11.4 Å². The number of carbonyl (C=O) groups is 1. The summed E-state index contributed by atoms with van der Waals surface area (Å²) in [6.07, 6.45) is 1.41. The van der Waals surface area contributed by atoms with Crippen LogP contribution in [0.25, 0.3) is 0 Å². The molecule has 0 aromatic heterocycles. The second-order valence-corrected chi connectivity index (χ2v) is 7.08. The number of nitrogens with one attached hydrogen (secondary N) is 1. The molecule has 2 N–H and O–H groups in total. The molecule has 0 bridgehead atoms. The summed E-state index contributed by atoms with van der Waals surface area (Å²) < 4.78 is 5.32. The summed E-state index contributed by atoms with van der Waals surface area (Å²) in [6.45, 7) is 5.94. The molecular weight excluding hydrogens is 362 g/mol. The summed E-state index contributed by atoms with van der Waals surface area (Å²) in [5.74, 6) is -0.234. The lowest BCUT2D eigenvalue weighted by Crippen LogP contribution is -2.13. The molecular formula is C25H27NO3. The zero-order chi connectivity index (χ0) is 20.8. The molecule has 0 amide bonds. The van der Waals surface area contributed by atoms with Crippen LogP contribution >= 0.6 is 0 Å². The summed E-state index contributed by atoms with van der Waals surface area (Å²) in [5.41, 5.74) is 5.66. The molecule has 0 unspecified atom stereocenters. The minimum Gasteiger partial charge on any atom is -0.506 e. The predicted molar refractivity (Wildman–Crippen MR) is 117 cm³/mol. The Morgan fingerprint density at radius 2 is 1.69 bits per heavy atom. The highest BCUT2D eigenvalue weighted by atomic mass is 16.5. The van der Waals surface area contributed by atoms with Gasteiger partial charge in [-0.3, -0.25) is 0 Å². The quantitative estimate of drug-likeness (QED) is 0.401. The molecule has 4 nitrogen and oxygen atoms in total. The molecule has 4 heteroatoms. The van der Waals surface area contributed by atoms with Crippen LogP contribution in [0.1, 0.15) is 39.5 Å². The topological polar surface area (TPSA) is 58.6 Å². The van der Waals surface area contributed by atoms with Gasteiger partial charge >= 0.3 is 5.97 Å². The van der Waals surface area contributed by atoms with Gasteiger partial charge in [-0.05, 0) is 68.0 Å². The number of benzene rings is 3. The van der Waals surface area contributed by atoms with Gasteiger partial charge in [-0.1, -0.05) is 48.5 Å². The minimum absolute atomic E-state index is 0.127. The van der Waals surface area contributed by atoms with Gasteiger partial charge in [-0.25, -0.2) is 4.79 Å². The van der Waals surface area contributed by atoms with Crippen molar-refractivity contribution in [3.8, 4) is 5.75 Å².